The van der Waals surface area contributed by atoms with Crippen molar-refractivity contribution < 1.29 is 18.3 Å². The van der Waals surface area contributed by atoms with Gasteiger partial charge in [-0.15, -0.1) is 0 Å². The van der Waals surface area contributed by atoms with Crippen LogP contribution in [0, 0.1) is 5.82 Å². The van der Waals surface area contributed by atoms with E-state index in [-0.39, 0.29) is 22.9 Å². The Balaban J connectivity index is 2.08. The molecular formula is C12H10ClFN2O3. The lowest BCUT2D eigenvalue weighted by Gasteiger charge is -2.06. The zero-order valence-corrected chi connectivity index (χ0v) is 10.4. The standard InChI is InChI=1S/C12H10ClFN2O3/c13-9-2-1-7(5-10(9)14)19-6-11-8(3-4-18-11)12(17)16-15/h1-5H,6,15H2,(H,16,17). The summed E-state index contributed by atoms with van der Waals surface area (Å²) in [6.45, 7) is -0.0309. The van der Waals surface area contributed by atoms with Crippen LogP contribution >= 0.6 is 11.6 Å². The molecule has 3 N–H and O–H groups in total. The van der Waals surface area contributed by atoms with E-state index in [0.717, 1.165) is 6.07 Å². The van der Waals surface area contributed by atoms with Gasteiger partial charge in [0.2, 0.25) is 0 Å². The van der Waals surface area contributed by atoms with Crippen LogP contribution in [-0.4, -0.2) is 5.91 Å². The minimum Gasteiger partial charge on any atom is -0.486 e. The van der Waals surface area contributed by atoms with Gasteiger partial charge in [-0.2, -0.15) is 0 Å². The molecule has 0 atom stereocenters. The maximum Gasteiger partial charge on any atom is 0.268 e. The number of hydrazine groups is 1. The van der Waals surface area contributed by atoms with Crippen LogP contribution in [0.15, 0.2) is 34.9 Å². The second-order valence-electron chi connectivity index (χ2n) is 3.60. The molecule has 5 nitrogen and oxygen atoms in total. The van der Waals surface area contributed by atoms with E-state index in [1.54, 1.807) is 0 Å². The summed E-state index contributed by atoms with van der Waals surface area (Å²) in [4.78, 5) is 11.4. The van der Waals surface area contributed by atoms with Crippen LogP contribution in [0.4, 0.5) is 4.39 Å². The zero-order valence-electron chi connectivity index (χ0n) is 9.65. The Morgan fingerprint density at radius 3 is 2.95 bits per heavy atom. The molecule has 19 heavy (non-hydrogen) atoms. The average Bonchev–Trinajstić information content (AvgIpc) is 2.87. The van der Waals surface area contributed by atoms with Gasteiger partial charge in [0.1, 0.15) is 18.2 Å². The zero-order chi connectivity index (χ0) is 13.8. The highest BCUT2D eigenvalue weighted by atomic mass is 35.5. The number of hydrogen-bond donors (Lipinski definition) is 2. The number of halogens is 2. The number of amides is 1. The van der Waals surface area contributed by atoms with Gasteiger partial charge in [0, 0.05) is 6.07 Å². The summed E-state index contributed by atoms with van der Waals surface area (Å²) in [5.74, 6) is 4.52. The second-order valence-corrected chi connectivity index (χ2v) is 4.00. The summed E-state index contributed by atoms with van der Waals surface area (Å²) in [5.41, 5.74) is 2.25. The minimum absolute atomic E-state index is 0.00791. The van der Waals surface area contributed by atoms with Crippen LogP contribution in [0.25, 0.3) is 0 Å². The van der Waals surface area contributed by atoms with Gasteiger partial charge in [0.25, 0.3) is 5.91 Å². The molecule has 2 aromatic rings. The highest BCUT2D eigenvalue weighted by molar-refractivity contribution is 6.30. The smallest absolute Gasteiger partial charge is 0.268 e. The van der Waals surface area contributed by atoms with E-state index in [1.165, 1.54) is 24.5 Å². The summed E-state index contributed by atoms with van der Waals surface area (Å²) in [6, 6.07) is 5.50. The third-order valence-corrected chi connectivity index (χ3v) is 2.69. The SMILES string of the molecule is NNC(=O)c1ccoc1COc1ccc(Cl)c(F)c1. The molecule has 0 unspecified atom stereocenters. The molecule has 0 fully saturated rings. The summed E-state index contributed by atoms with van der Waals surface area (Å²) >= 11 is 5.55. The van der Waals surface area contributed by atoms with E-state index in [2.05, 4.69) is 0 Å². The van der Waals surface area contributed by atoms with E-state index in [9.17, 15) is 9.18 Å². The molecule has 0 radical (unpaired) electrons. The molecule has 0 saturated carbocycles. The summed E-state index contributed by atoms with van der Waals surface area (Å²) in [6.07, 6.45) is 1.34. The highest BCUT2D eigenvalue weighted by Crippen LogP contribution is 2.22. The summed E-state index contributed by atoms with van der Waals surface area (Å²) in [7, 11) is 0. The van der Waals surface area contributed by atoms with E-state index in [0.29, 0.717) is 5.76 Å². The number of nitrogen functional groups attached to an aromatic ring is 1. The first-order chi connectivity index (χ1) is 9.11. The Bertz CT molecular complexity index is 600. The van der Waals surface area contributed by atoms with Crippen molar-refractivity contribution in [3.63, 3.8) is 0 Å². The average molecular weight is 285 g/mol. The molecule has 0 spiro atoms. The van der Waals surface area contributed by atoms with Crippen molar-refractivity contribution in [2.45, 2.75) is 6.61 Å². The Labute approximate surface area is 113 Å². The molecule has 0 bridgehead atoms. The third-order valence-electron chi connectivity index (χ3n) is 2.38. The Hall–Kier alpha value is -2.05. The summed E-state index contributed by atoms with van der Waals surface area (Å²) < 4.78 is 23.6. The fourth-order valence-corrected chi connectivity index (χ4v) is 1.57. The van der Waals surface area contributed by atoms with Gasteiger partial charge in [0.05, 0.1) is 16.8 Å². The predicted octanol–water partition coefficient (Wildman–Crippen LogP) is 2.25. The van der Waals surface area contributed by atoms with Gasteiger partial charge in [0.15, 0.2) is 5.76 Å². The van der Waals surface area contributed by atoms with E-state index >= 15 is 0 Å². The molecule has 0 aliphatic heterocycles. The molecule has 1 heterocycles. The van der Waals surface area contributed by atoms with Crippen molar-refractivity contribution >= 4 is 17.5 Å². The van der Waals surface area contributed by atoms with Crippen molar-refractivity contribution in [2.75, 3.05) is 0 Å². The predicted molar refractivity (Wildman–Crippen MR) is 66.1 cm³/mol. The first kappa shape index (κ1) is 13.4. The molecule has 100 valence electrons. The number of carbonyl (C=O) groups excluding carboxylic acids is 1. The molecule has 1 aromatic heterocycles. The molecule has 0 aliphatic carbocycles. The van der Waals surface area contributed by atoms with Gasteiger partial charge in [-0.25, -0.2) is 10.2 Å². The molecule has 1 aromatic carbocycles. The van der Waals surface area contributed by atoms with Gasteiger partial charge in [-0.1, -0.05) is 11.6 Å². The lowest BCUT2D eigenvalue weighted by Crippen LogP contribution is -2.30. The first-order valence-corrected chi connectivity index (χ1v) is 5.64. The van der Waals surface area contributed by atoms with Crippen molar-refractivity contribution in [2.24, 2.45) is 5.84 Å². The summed E-state index contributed by atoms with van der Waals surface area (Å²) in [5, 5.41) is 0.00791. The first-order valence-electron chi connectivity index (χ1n) is 5.27. The van der Waals surface area contributed by atoms with Crippen LogP contribution in [0.1, 0.15) is 16.1 Å². The van der Waals surface area contributed by atoms with E-state index in [1.807, 2.05) is 5.43 Å². The quantitative estimate of drug-likeness (QED) is 0.513. The molecule has 7 heteroatoms. The van der Waals surface area contributed by atoms with Gasteiger partial charge in [-0.05, 0) is 18.2 Å². The van der Waals surface area contributed by atoms with Crippen molar-refractivity contribution in [1.29, 1.82) is 0 Å². The van der Waals surface area contributed by atoms with E-state index in [4.69, 9.17) is 26.6 Å². The Morgan fingerprint density at radius 2 is 2.26 bits per heavy atom. The number of benzene rings is 1. The number of ether oxygens (including phenoxy) is 1. The Kier molecular flexibility index (Phi) is 4.03. The van der Waals surface area contributed by atoms with Crippen LogP contribution in [0.2, 0.25) is 5.02 Å². The lowest BCUT2D eigenvalue weighted by atomic mass is 10.2. The van der Waals surface area contributed by atoms with Gasteiger partial charge < -0.3 is 9.15 Å². The largest absolute Gasteiger partial charge is 0.486 e. The van der Waals surface area contributed by atoms with Crippen molar-refractivity contribution in [1.82, 2.24) is 5.43 Å². The fourth-order valence-electron chi connectivity index (χ4n) is 1.45. The van der Waals surface area contributed by atoms with Crippen LogP contribution in [-0.2, 0) is 6.61 Å². The van der Waals surface area contributed by atoms with Crippen LogP contribution < -0.4 is 16.0 Å². The second kappa shape index (κ2) is 5.73. The minimum atomic E-state index is -0.585. The topological polar surface area (TPSA) is 77.5 Å². The van der Waals surface area contributed by atoms with Crippen LogP contribution in [0.5, 0.6) is 5.75 Å². The lowest BCUT2D eigenvalue weighted by molar-refractivity contribution is 0.0949. The van der Waals surface area contributed by atoms with Gasteiger partial charge in [-0.3, -0.25) is 10.2 Å². The highest BCUT2D eigenvalue weighted by Gasteiger charge is 2.14. The number of nitrogens with two attached hydrogens (primary N) is 1. The number of rotatable bonds is 4. The molecular weight excluding hydrogens is 275 g/mol. The number of hydrogen-bond acceptors (Lipinski definition) is 4. The number of carbonyl (C=O) groups is 1. The number of furan rings is 1. The van der Waals surface area contributed by atoms with Crippen molar-refractivity contribution in [3.8, 4) is 5.75 Å². The fraction of sp³-hybridized carbons (Fsp3) is 0.0833. The van der Waals surface area contributed by atoms with Crippen LogP contribution in [0.3, 0.4) is 0 Å². The normalized spacial score (nSPS) is 10.3. The molecule has 0 saturated heterocycles. The van der Waals surface area contributed by atoms with E-state index < -0.39 is 11.7 Å². The maximum absolute atomic E-state index is 13.2. The Morgan fingerprint density at radius 1 is 1.47 bits per heavy atom. The third kappa shape index (κ3) is 3.04. The van der Waals surface area contributed by atoms with Gasteiger partial charge >= 0.3 is 0 Å². The maximum atomic E-state index is 13.2. The molecule has 0 aliphatic rings. The van der Waals surface area contributed by atoms with Crippen molar-refractivity contribution in [3.05, 3.63) is 52.7 Å². The molecule has 2 rings (SSSR count). The number of nitrogens with one attached hydrogen (secondary N) is 1. The monoisotopic (exact) mass is 284 g/mol. The molecule has 1 amide bonds.